The van der Waals surface area contributed by atoms with Crippen LogP contribution in [-0.2, 0) is 4.79 Å². The maximum Gasteiger partial charge on any atom is 0.250 e. The first-order valence-electron chi connectivity index (χ1n) is 8.03. The van der Waals surface area contributed by atoms with Crippen molar-refractivity contribution in [3.05, 3.63) is 61.2 Å². The fourth-order valence-corrected chi connectivity index (χ4v) is 2.17. The number of carbonyl (C=O) groups is 1. The molecular weight excluding hydrogens is 318 g/mol. The molecule has 2 heterocycles. The Labute approximate surface area is 145 Å². The number of rotatable bonds is 7. The van der Waals surface area contributed by atoms with Gasteiger partial charge in [-0.15, -0.1) is 0 Å². The number of nitrogens with one attached hydrogen (secondary N) is 1. The number of benzene rings is 1. The number of hydrogen-bond donors (Lipinski definition) is 1. The van der Waals surface area contributed by atoms with E-state index in [4.69, 9.17) is 4.74 Å². The summed E-state index contributed by atoms with van der Waals surface area (Å²) < 4.78 is 7.14. The van der Waals surface area contributed by atoms with Crippen LogP contribution in [0.4, 0.5) is 5.69 Å². The molecule has 7 nitrogen and oxygen atoms in total. The second kappa shape index (κ2) is 8.05. The highest BCUT2D eigenvalue weighted by molar-refractivity contribution is 5.92. The van der Waals surface area contributed by atoms with Gasteiger partial charge in [0, 0.05) is 18.3 Å². The van der Waals surface area contributed by atoms with Gasteiger partial charge in [0.25, 0.3) is 0 Å². The normalized spacial score (nSPS) is 11.7. The molecule has 0 aliphatic carbocycles. The Bertz CT molecular complexity index is 805. The molecule has 3 rings (SSSR count). The van der Waals surface area contributed by atoms with Crippen molar-refractivity contribution < 1.29 is 9.53 Å². The molecule has 7 heteroatoms. The molecule has 1 atom stereocenters. The molecule has 0 radical (unpaired) electrons. The molecule has 0 fully saturated rings. The van der Waals surface area contributed by atoms with Crippen LogP contribution in [0.3, 0.4) is 0 Å². The van der Waals surface area contributed by atoms with Gasteiger partial charge in [-0.25, -0.2) is 14.6 Å². The smallest absolute Gasteiger partial charge is 0.250 e. The van der Waals surface area contributed by atoms with E-state index in [1.54, 1.807) is 30.9 Å². The van der Waals surface area contributed by atoms with Crippen LogP contribution in [0.5, 0.6) is 5.75 Å². The highest BCUT2D eigenvalue weighted by Gasteiger charge is 2.14. The first kappa shape index (κ1) is 16.6. The largest absolute Gasteiger partial charge is 0.494 e. The van der Waals surface area contributed by atoms with Crippen LogP contribution in [0.25, 0.3) is 5.95 Å². The number of carbonyl (C=O) groups excluding carboxylic acids is 1. The molecule has 0 aliphatic heterocycles. The zero-order chi connectivity index (χ0) is 17.5. The minimum atomic E-state index is -0.181. The zero-order valence-electron chi connectivity index (χ0n) is 13.9. The van der Waals surface area contributed by atoms with Crippen molar-refractivity contribution in [1.82, 2.24) is 19.7 Å². The summed E-state index contributed by atoms with van der Waals surface area (Å²) in [6.07, 6.45) is 7.15. The highest BCUT2D eigenvalue weighted by Crippen LogP contribution is 2.13. The van der Waals surface area contributed by atoms with Crippen molar-refractivity contribution in [1.29, 1.82) is 0 Å². The van der Waals surface area contributed by atoms with Gasteiger partial charge in [0.1, 0.15) is 5.75 Å². The van der Waals surface area contributed by atoms with Crippen LogP contribution in [0.2, 0.25) is 0 Å². The van der Waals surface area contributed by atoms with Crippen LogP contribution >= 0.6 is 0 Å². The van der Waals surface area contributed by atoms with Crippen LogP contribution in [0.1, 0.15) is 13.3 Å². The number of hydrogen-bond acceptors (Lipinski definition) is 5. The summed E-state index contributed by atoms with van der Waals surface area (Å²) in [4.78, 5) is 20.5. The van der Waals surface area contributed by atoms with E-state index in [1.165, 1.54) is 4.68 Å². The maximum absolute atomic E-state index is 12.3. The van der Waals surface area contributed by atoms with Gasteiger partial charge in [-0.1, -0.05) is 25.1 Å². The fraction of sp³-hybridized carbons (Fsp3) is 0.222. The van der Waals surface area contributed by atoms with Crippen molar-refractivity contribution >= 4 is 11.6 Å². The molecule has 1 unspecified atom stereocenters. The SMILES string of the molecule is CC(CCOc1ccccc1)C(=O)Nc1cnn(-c2ncccn2)c1. The van der Waals surface area contributed by atoms with E-state index in [0.717, 1.165) is 5.75 Å². The number of anilines is 1. The molecule has 25 heavy (non-hydrogen) atoms. The third kappa shape index (κ3) is 4.63. The van der Waals surface area contributed by atoms with Crippen molar-refractivity contribution in [2.45, 2.75) is 13.3 Å². The molecule has 0 saturated heterocycles. The van der Waals surface area contributed by atoms with Gasteiger partial charge < -0.3 is 10.1 Å². The molecule has 1 aromatic carbocycles. The Morgan fingerprint density at radius 1 is 1.20 bits per heavy atom. The molecule has 2 aromatic heterocycles. The zero-order valence-corrected chi connectivity index (χ0v) is 13.9. The van der Waals surface area contributed by atoms with Crippen LogP contribution < -0.4 is 10.1 Å². The van der Waals surface area contributed by atoms with Crippen molar-refractivity contribution in [3.63, 3.8) is 0 Å². The number of nitrogens with zero attached hydrogens (tertiary/aromatic N) is 4. The van der Waals surface area contributed by atoms with E-state index in [0.29, 0.717) is 24.7 Å². The number of aromatic nitrogens is 4. The lowest BCUT2D eigenvalue weighted by atomic mass is 10.1. The fourth-order valence-electron chi connectivity index (χ4n) is 2.17. The number of ether oxygens (including phenoxy) is 1. The van der Waals surface area contributed by atoms with Gasteiger partial charge in [-0.3, -0.25) is 4.79 Å². The molecule has 1 N–H and O–H groups in total. The predicted octanol–water partition coefficient (Wildman–Crippen LogP) is 2.71. The van der Waals surface area contributed by atoms with Gasteiger partial charge in [-0.05, 0) is 24.6 Å². The topological polar surface area (TPSA) is 81.9 Å². The molecule has 0 bridgehead atoms. The standard InChI is InChI=1S/C18H19N5O2/c1-14(8-11-25-16-6-3-2-4-7-16)17(24)22-15-12-21-23(13-15)18-19-9-5-10-20-18/h2-7,9-10,12-14H,8,11H2,1H3,(H,22,24). The van der Waals surface area contributed by atoms with Gasteiger partial charge in [0.2, 0.25) is 11.9 Å². The second-order valence-corrected chi connectivity index (χ2v) is 5.56. The Morgan fingerprint density at radius 3 is 2.72 bits per heavy atom. The average Bonchev–Trinajstić information content (AvgIpc) is 3.12. The third-order valence-corrected chi connectivity index (χ3v) is 3.62. The summed E-state index contributed by atoms with van der Waals surface area (Å²) in [7, 11) is 0. The van der Waals surface area contributed by atoms with E-state index in [2.05, 4.69) is 20.4 Å². The monoisotopic (exact) mass is 337 g/mol. The number of amides is 1. The second-order valence-electron chi connectivity index (χ2n) is 5.56. The highest BCUT2D eigenvalue weighted by atomic mass is 16.5. The van der Waals surface area contributed by atoms with Crippen molar-refractivity contribution in [2.24, 2.45) is 5.92 Å². The summed E-state index contributed by atoms with van der Waals surface area (Å²) in [6.45, 7) is 2.35. The summed E-state index contributed by atoms with van der Waals surface area (Å²) in [6, 6.07) is 11.3. The lowest BCUT2D eigenvalue weighted by molar-refractivity contribution is -0.119. The van der Waals surface area contributed by atoms with Crippen molar-refractivity contribution in [3.8, 4) is 11.7 Å². The van der Waals surface area contributed by atoms with E-state index in [-0.39, 0.29) is 11.8 Å². The maximum atomic E-state index is 12.3. The van der Waals surface area contributed by atoms with Crippen LogP contribution in [0.15, 0.2) is 61.2 Å². The minimum absolute atomic E-state index is 0.0785. The Hall–Kier alpha value is -3.22. The molecule has 0 saturated carbocycles. The molecule has 0 spiro atoms. The van der Waals surface area contributed by atoms with Gasteiger partial charge in [0.15, 0.2) is 0 Å². The third-order valence-electron chi connectivity index (χ3n) is 3.62. The van der Waals surface area contributed by atoms with E-state index in [1.807, 2.05) is 37.3 Å². The predicted molar refractivity (Wildman–Crippen MR) is 93.5 cm³/mol. The summed E-state index contributed by atoms with van der Waals surface area (Å²) >= 11 is 0. The molecule has 1 amide bonds. The van der Waals surface area contributed by atoms with Gasteiger partial charge >= 0.3 is 0 Å². The van der Waals surface area contributed by atoms with Crippen LogP contribution in [-0.4, -0.2) is 32.3 Å². The lowest BCUT2D eigenvalue weighted by Crippen LogP contribution is -2.22. The van der Waals surface area contributed by atoms with Crippen molar-refractivity contribution in [2.75, 3.05) is 11.9 Å². The first-order chi connectivity index (χ1) is 12.2. The quantitative estimate of drug-likeness (QED) is 0.717. The molecule has 0 aliphatic rings. The average molecular weight is 337 g/mol. The number of para-hydroxylation sites is 1. The molecular formula is C18H19N5O2. The summed E-state index contributed by atoms with van der Waals surface area (Å²) in [5, 5.41) is 7.00. The minimum Gasteiger partial charge on any atom is -0.494 e. The van der Waals surface area contributed by atoms with E-state index >= 15 is 0 Å². The van der Waals surface area contributed by atoms with E-state index < -0.39 is 0 Å². The summed E-state index contributed by atoms with van der Waals surface area (Å²) in [5.41, 5.74) is 0.605. The van der Waals surface area contributed by atoms with Gasteiger partial charge in [-0.2, -0.15) is 5.10 Å². The Balaban J connectivity index is 1.49. The Morgan fingerprint density at radius 2 is 1.96 bits per heavy atom. The van der Waals surface area contributed by atoms with Gasteiger partial charge in [0.05, 0.1) is 24.7 Å². The molecule has 3 aromatic rings. The summed E-state index contributed by atoms with van der Waals surface area (Å²) in [5.74, 6) is 0.997. The Kier molecular flexibility index (Phi) is 5.36. The first-order valence-corrected chi connectivity index (χ1v) is 8.03. The molecule has 128 valence electrons. The lowest BCUT2D eigenvalue weighted by Gasteiger charge is -2.12. The van der Waals surface area contributed by atoms with E-state index in [9.17, 15) is 4.79 Å². The van der Waals surface area contributed by atoms with Crippen LogP contribution in [0, 0.1) is 5.92 Å².